The quantitative estimate of drug-likeness (QED) is 0.503. The van der Waals surface area contributed by atoms with Crippen molar-refractivity contribution < 1.29 is 23.4 Å². The molecule has 6 nitrogen and oxygen atoms in total. The molecule has 0 aliphatic carbocycles. The van der Waals surface area contributed by atoms with Gasteiger partial charge >= 0.3 is 5.97 Å². The highest BCUT2D eigenvalue weighted by atomic mass is 16.6. The summed E-state index contributed by atoms with van der Waals surface area (Å²) in [7, 11) is 0. The number of aryl methyl sites for hydroxylation is 1. The van der Waals surface area contributed by atoms with Crippen molar-refractivity contribution in [2.45, 2.75) is 39.9 Å². The molecule has 1 aromatic heterocycles. The SMILES string of the molecule is CCOC(=O)C(C)(C)Oc1ccc(OCc2nc(-c3ccccc3)oc2C)cc1. The highest BCUT2D eigenvalue weighted by Gasteiger charge is 2.31. The number of nitrogens with zero attached hydrogens (tertiary/aromatic N) is 1. The molecule has 0 aliphatic rings. The molecule has 3 aromatic rings. The van der Waals surface area contributed by atoms with Crippen LogP contribution >= 0.6 is 0 Å². The average molecular weight is 395 g/mol. The van der Waals surface area contributed by atoms with Crippen LogP contribution in [0.2, 0.25) is 0 Å². The number of ether oxygens (including phenoxy) is 3. The predicted octanol–water partition coefficient (Wildman–Crippen LogP) is 4.95. The minimum absolute atomic E-state index is 0.288. The third kappa shape index (κ3) is 5.16. The molecular formula is C23H25NO5. The van der Waals surface area contributed by atoms with E-state index in [2.05, 4.69) is 4.98 Å². The summed E-state index contributed by atoms with van der Waals surface area (Å²) >= 11 is 0. The molecule has 2 aromatic carbocycles. The van der Waals surface area contributed by atoms with Crippen molar-refractivity contribution in [1.29, 1.82) is 0 Å². The van der Waals surface area contributed by atoms with E-state index in [0.717, 1.165) is 17.0 Å². The topological polar surface area (TPSA) is 70.8 Å². The van der Waals surface area contributed by atoms with Gasteiger partial charge in [-0.15, -0.1) is 0 Å². The standard InChI is InChI=1S/C23H25NO5/c1-5-26-22(25)23(3,4)29-19-13-11-18(12-14-19)27-15-20-16(2)28-21(24-20)17-9-7-6-8-10-17/h6-14H,5,15H2,1-4H3. The van der Waals surface area contributed by atoms with Crippen molar-refractivity contribution >= 4 is 5.97 Å². The van der Waals surface area contributed by atoms with E-state index in [-0.39, 0.29) is 6.61 Å². The molecule has 0 saturated carbocycles. The lowest BCUT2D eigenvalue weighted by Gasteiger charge is -2.24. The van der Waals surface area contributed by atoms with E-state index in [0.29, 0.717) is 24.0 Å². The van der Waals surface area contributed by atoms with Gasteiger partial charge < -0.3 is 18.6 Å². The van der Waals surface area contributed by atoms with Gasteiger partial charge in [0.05, 0.1) is 6.61 Å². The van der Waals surface area contributed by atoms with E-state index < -0.39 is 11.6 Å². The minimum atomic E-state index is -1.07. The average Bonchev–Trinajstić information content (AvgIpc) is 3.09. The summed E-state index contributed by atoms with van der Waals surface area (Å²) in [5, 5.41) is 0. The molecule has 0 amide bonds. The van der Waals surface area contributed by atoms with Crippen molar-refractivity contribution in [3.05, 3.63) is 66.1 Å². The second-order valence-electron chi connectivity index (χ2n) is 6.98. The smallest absolute Gasteiger partial charge is 0.349 e. The van der Waals surface area contributed by atoms with E-state index in [1.165, 1.54) is 0 Å². The predicted molar refractivity (Wildman–Crippen MR) is 109 cm³/mol. The molecule has 0 spiro atoms. The Morgan fingerprint density at radius 1 is 1.03 bits per heavy atom. The lowest BCUT2D eigenvalue weighted by molar-refractivity contribution is -0.158. The number of carbonyl (C=O) groups is 1. The summed E-state index contributed by atoms with van der Waals surface area (Å²) in [5.41, 5.74) is 0.601. The molecule has 0 unspecified atom stereocenters. The normalized spacial score (nSPS) is 11.2. The molecule has 3 rings (SSSR count). The van der Waals surface area contributed by atoms with Gasteiger partial charge in [-0.1, -0.05) is 18.2 Å². The lowest BCUT2D eigenvalue weighted by Crippen LogP contribution is -2.39. The number of hydrogen-bond donors (Lipinski definition) is 0. The molecule has 1 heterocycles. The van der Waals surface area contributed by atoms with Crippen LogP contribution in [0, 0.1) is 6.92 Å². The summed E-state index contributed by atoms with van der Waals surface area (Å²) in [5.74, 6) is 2.11. The van der Waals surface area contributed by atoms with Crippen LogP contribution in [-0.4, -0.2) is 23.2 Å². The van der Waals surface area contributed by atoms with E-state index in [4.69, 9.17) is 18.6 Å². The van der Waals surface area contributed by atoms with Gasteiger partial charge in [-0.2, -0.15) is 0 Å². The van der Waals surface area contributed by atoms with Gasteiger partial charge in [0.1, 0.15) is 29.6 Å². The first-order chi connectivity index (χ1) is 13.9. The fourth-order valence-electron chi connectivity index (χ4n) is 2.66. The lowest BCUT2D eigenvalue weighted by atomic mass is 10.1. The summed E-state index contributed by atoms with van der Waals surface area (Å²) in [6.07, 6.45) is 0. The fraction of sp³-hybridized carbons (Fsp3) is 0.304. The highest BCUT2D eigenvalue weighted by molar-refractivity contribution is 5.79. The molecule has 0 N–H and O–H groups in total. The zero-order valence-corrected chi connectivity index (χ0v) is 17.1. The number of carbonyl (C=O) groups excluding carboxylic acids is 1. The Kier molecular flexibility index (Phi) is 6.22. The van der Waals surface area contributed by atoms with E-state index in [9.17, 15) is 4.79 Å². The summed E-state index contributed by atoms with van der Waals surface area (Å²) < 4.78 is 22.4. The molecule has 0 saturated heterocycles. The largest absolute Gasteiger partial charge is 0.487 e. The van der Waals surface area contributed by atoms with Crippen LogP contribution in [0.3, 0.4) is 0 Å². The maximum absolute atomic E-state index is 11.9. The number of hydrogen-bond acceptors (Lipinski definition) is 6. The number of aromatic nitrogens is 1. The van der Waals surface area contributed by atoms with Gasteiger partial charge in [0.2, 0.25) is 5.89 Å². The Balaban J connectivity index is 1.61. The van der Waals surface area contributed by atoms with Crippen LogP contribution in [0.4, 0.5) is 0 Å². The fourth-order valence-corrected chi connectivity index (χ4v) is 2.66. The number of oxazole rings is 1. The van der Waals surface area contributed by atoms with E-state index >= 15 is 0 Å². The van der Waals surface area contributed by atoms with Gasteiger partial charge in [-0.25, -0.2) is 9.78 Å². The molecule has 0 atom stereocenters. The summed E-state index contributed by atoms with van der Waals surface area (Å²) in [4.78, 5) is 16.5. The molecule has 0 fully saturated rings. The Labute approximate surface area is 170 Å². The number of benzene rings is 2. The highest BCUT2D eigenvalue weighted by Crippen LogP contribution is 2.25. The monoisotopic (exact) mass is 395 g/mol. The molecule has 0 radical (unpaired) electrons. The van der Waals surface area contributed by atoms with Gasteiger partial charge in [0, 0.05) is 5.56 Å². The van der Waals surface area contributed by atoms with Crippen molar-refractivity contribution in [2.24, 2.45) is 0 Å². The third-order valence-corrected chi connectivity index (χ3v) is 4.25. The van der Waals surface area contributed by atoms with Gasteiger partial charge in [-0.05, 0) is 64.1 Å². The van der Waals surface area contributed by atoms with Gasteiger partial charge in [-0.3, -0.25) is 0 Å². The van der Waals surface area contributed by atoms with E-state index in [1.807, 2.05) is 37.3 Å². The van der Waals surface area contributed by atoms with Crippen LogP contribution in [0.25, 0.3) is 11.5 Å². The second kappa shape index (κ2) is 8.82. The Morgan fingerprint density at radius 3 is 2.34 bits per heavy atom. The zero-order valence-electron chi connectivity index (χ0n) is 17.1. The molecule has 152 valence electrons. The maximum atomic E-state index is 11.9. The van der Waals surface area contributed by atoms with Crippen LogP contribution in [0.15, 0.2) is 59.0 Å². The third-order valence-electron chi connectivity index (χ3n) is 4.25. The van der Waals surface area contributed by atoms with E-state index in [1.54, 1.807) is 45.0 Å². The summed E-state index contributed by atoms with van der Waals surface area (Å²) in [6.45, 7) is 7.58. The maximum Gasteiger partial charge on any atom is 0.349 e. The number of esters is 1. The first-order valence-electron chi connectivity index (χ1n) is 9.50. The Morgan fingerprint density at radius 2 is 1.69 bits per heavy atom. The Hall–Kier alpha value is -3.28. The second-order valence-corrected chi connectivity index (χ2v) is 6.98. The molecule has 0 bridgehead atoms. The van der Waals surface area contributed by atoms with Crippen molar-refractivity contribution in [3.8, 4) is 23.0 Å². The molecule has 6 heteroatoms. The first-order valence-corrected chi connectivity index (χ1v) is 9.50. The van der Waals surface area contributed by atoms with Crippen LogP contribution < -0.4 is 9.47 Å². The Bertz CT molecular complexity index is 945. The van der Waals surface area contributed by atoms with Crippen LogP contribution in [0.5, 0.6) is 11.5 Å². The van der Waals surface area contributed by atoms with Crippen LogP contribution in [-0.2, 0) is 16.1 Å². The van der Waals surface area contributed by atoms with Crippen molar-refractivity contribution in [1.82, 2.24) is 4.98 Å². The van der Waals surface area contributed by atoms with Gasteiger partial charge in [0.15, 0.2) is 5.60 Å². The molecule has 0 aliphatic heterocycles. The summed E-state index contributed by atoms with van der Waals surface area (Å²) in [6, 6.07) is 16.8. The molecular weight excluding hydrogens is 370 g/mol. The van der Waals surface area contributed by atoms with Crippen LogP contribution in [0.1, 0.15) is 32.2 Å². The van der Waals surface area contributed by atoms with Gasteiger partial charge in [0.25, 0.3) is 0 Å². The minimum Gasteiger partial charge on any atom is -0.487 e. The molecule has 29 heavy (non-hydrogen) atoms. The number of rotatable bonds is 8. The van der Waals surface area contributed by atoms with Crippen molar-refractivity contribution in [3.63, 3.8) is 0 Å². The first kappa shape index (κ1) is 20.5. The zero-order chi connectivity index (χ0) is 20.9. The van der Waals surface area contributed by atoms with Crippen molar-refractivity contribution in [2.75, 3.05) is 6.61 Å².